The predicted molar refractivity (Wildman–Crippen MR) is 122 cm³/mol. The SMILES string of the molecule is COc1cc2c(cc1OC)C(NC(=O)CC1(N3Cc4ccccc4C3=O)CCOCC1)CC2. The number of carbonyl (C=O) groups excluding carboxylic acids is 2. The van der Waals surface area contributed by atoms with Crippen molar-refractivity contribution in [3.63, 3.8) is 0 Å². The van der Waals surface area contributed by atoms with Crippen molar-refractivity contribution in [2.24, 2.45) is 0 Å². The molecular formula is C26H30N2O5. The molecule has 2 aliphatic heterocycles. The monoisotopic (exact) mass is 450 g/mol. The van der Waals surface area contributed by atoms with E-state index in [0.717, 1.165) is 29.5 Å². The maximum absolute atomic E-state index is 13.4. The van der Waals surface area contributed by atoms with Gasteiger partial charge in [0.05, 0.1) is 32.2 Å². The Hall–Kier alpha value is -3.06. The summed E-state index contributed by atoms with van der Waals surface area (Å²) in [4.78, 5) is 28.5. The average molecular weight is 451 g/mol. The zero-order chi connectivity index (χ0) is 23.0. The molecule has 2 heterocycles. The molecule has 2 amide bonds. The number of nitrogens with one attached hydrogen (secondary N) is 1. The van der Waals surface area contributed by atoms with E-state index in [1.807, 2.05) is 41.3 Å². The highest BCUT2D eigenvalue weighted by molar-refractivity contribution is 5.99. The van der Waals surface area contributed by atoms with Crippen LogP contribution in [0.2, 0.25) is 0 Å². The first-order valence-corrected chi connectivity index (χ1v) is 11.6. The summed E-state index contributed by atoms with van der Waals surface area (Å²) in [6.07, 6.45) is 3.30. The van der Waals surface area contributed by atoms with E-state index >= 15 is 0 Å². The molecule has 5 rings (SSSR count). The molecule has 174 valence electrons. The summed E-state index contributed by atoms with van der Waals surface area (Å²) in [5.41, 5.74) is 3.49. The van der Waals surface area contributed by atoms with Gasteiger partial charge in [-0.25, -0.2) is 0 Å². The molecule has 1 aliphatic carbocycles. The lowest BCUT2D eigenvalue weighted by atomic mass is 9.84. The largest absolute Gasteiger partial charge is 0.493 e. The number of methoxy groups -OCH3 is 2. The van der Waals surface area contributed by atoms with E-state index in [4.69, 9.17) is 14.2 Å². The Bertz CT molecular complexity index is 1080. The Morgan fingerprint density at radius 3 is 2.58 bits per heavy atom. The Morgan fingerprint density at radius 1 is 1.12 bits per heavy atom. The smallest absolute Gasteiger partial charge is 0.254 e. The molecule has 1 atom stereocenters. The van der Waals surface area contributed by atoms with Crippen LogP contribution in [-0.4, -0.2) is 49.7 Å². The summed E-state index contributed by atoms with van der Waals surface area (Å²) in [5.74, 6) is 1.35. The molecule has 0 aromatic heterocycles. The Morgan fingerprint density at radius 2 is 1.85 bits per heavy atom. The molecule has 0 saturated carbocycles. The molecule has 1 unspecified atom stereocenters. The van der Waals surface area contributed by atoms with Crippen molar-refractivity contribution in [2.75, 3.05) is 27.4 Å². The molecule has 2 aromatic carbocycles. The first-order chi connectivity index (χ1) is 16.0. The lowest BCUT2D eigenvalue weighted by Crippen LogP contribution is -2.54. The number of nitrogens with zero attached hydrogens (tertiary/aromatic N) is 1. The third-order valence-corrected chi connectivity index (χ3v) is 7.37. The number of benzene rings is 2. The summed E-state index contributed by atoms with van der Waals surface area (Å²) >= 11 is 0. The topological polar surface area (TPSA) is 77.1 Å². The maximum Gasteiger partial charge on any atom is 0.254 e. The second kappa shape index (κ2) is 8.71. The van der Waals surface area contributed by atoms with Crippen LogP contribution in [0.25, 0.3) is 0 Å². The summed E-state index contributed by atoms with van der Waals surface area (Å²) in [5, 5.41) is 3.24. The van der Waals surface area contributed by atoms with Crippen molar-refractivity contribution in [1.82, 2.24) is 10.2 Å². The van der Waals surface area contributed by atoms with Gasteiger partial charge in [-0.3, -0.25) is 9.59 Å². The fraction of sp³-hybridized carbons (Fsp3) is 0.462. The number of ether oxygens (including phenoxy) is 3. The number of fused-ring (bicyclic) bond motifs is 2. The highest BCUT2D eigenvalue weighted by Gasteiger charge is 2.46. The predicted octanol–water partition coefficient (Wildman–Crippen LogP) is 3.40. The van der Waals surface area contributed by atoms with E-state index in [0.29, 0.717) is 44.1 Å². The zero-order valence-corrected chi connectivity index (χ0v) is 19.2. The normalized spacial score (nSPS) is 20.8. The zero-order valence-electron chi connectivity index (χ0n) is 19.2. The number of carbonyl (C=O) groups is 2. The minimum atomic E-state index is -0.530. The second-order valence-electron chi connectivity index (χ2n) is 9.13. The molecule has 7 nitrogen and oxygen atoms in total. The summed E-state index contributed by atoms with van der Waals surface area (Å²) in [7, 11) is 3.25. The standard InChI is InChI=1S/C26H30N2O5/c1-31-22-13-17-7-8-21(20(17)14-23(22)32-2)27-24(29)15-26(9-11-33-12-10-26)28-16-18-5-3-4-6-19(18)25(28)30/h3-6,13-14,21H,7-12,15-16H2,1-2H3,(H,27,29). The van der Waals surface area contributed by atoms with Crippen LogP contribution < -0.4 is 14.8 Å². The van der Waals surface area contributed by atoms with Crippen LogP contribution in [0.5, 0.6) is 11.5 Å². The quantitative estimate of drug-likeness (QED) is 0.730. The highest BCUT2D eigenvalue weighted by atomic mass is 16.5. The van der Waals surface area contributed by atoms with Gasteiger partial charge >= 0.3 is 0 Å². The van der Waals surface area contributed by atoms with Gasteiger partial charge in [-0.15, -0.1) is 0 Å². The molecule has 33 heavy (non-hydrogen) atoms. The molecule has 7 heteroatoms. The van der Waals surface area contributed by atoms with Gasteiger partial charge in [-0.2, -0.15) is 0 Å². The van der Waals surface area contributed by atoms with Gasteiger partial charge in [-0.05, 0) is 60.6 Å². The molecule has 0 radical (unpaired) electrons. The van der Waals surface area contributed by atoms with Crippen LogP contribution in [0.4, 0.5) is 0 Å². The molecule has 1 fully saturated rings. The molecule has 1 N–H and O–H groups in total. The molecule has 0 spiro atoms. The summed E-state index contributed by atoms with van der Waals surface area (Å²) < 4.78 is 16.5. The van der Waals surface area contributed by atoms with Crippen LogP contribution in [0.15, 0.2) is 36.4 Å². The average Bonchev–Trinajstić information content (AvgIpc) is 3.39. The lowest BCUT2D eigenvalue weighted by molar-refractivity contribution is -0.126. The van der Waals surface area contributed by atoms with Crippen LogP contribution >= 0.6 is 0 Å². The Kier molecular flexibility index (Phi) is 5.74. The van der Waals surface area contributed by atoms with Crippen LogP contribution in [0.1, 0.15) is 58.8 Å². The summed E-state index contributed by atoms with van der Waals surface area (Å²) in [6.45, 7) is 1.65. The molecule has 3 aliphatic rings. The molecule has 1 saturated heterocycles. The lowest BCUT2D eigenvalue weighted by Gasteiger charge is -2.44. The summed E-state index contributed by atoms with van der Waals surface area (Å²) in [6, 6.07) is 11.6. The van der Waals surface area contributed by atoms with Crippen molar-refractivity contribution in [1.29, 1.82) is 0 Å². The van der Waals surface area contributed by atoms with Gasteiger partial charge in [-0.1, -0.05) is 18.2 Å². The van der Waals surface area contributed by atoms with Gasteiger partial charge < -0.3 is 24.4 Å². The number of hydrogen-bond acceptors (Lipinski definition) is 5. The van der Waals surface area contributed by atoms with Gasteiger partial charge in [0.15, 0.2) is 11.5 Å². The van der Waals surface area contributed by atoms with Crippen molar-refractivity contribution >= 4 is 11.8 Å². The van der Waals surface area contributed by atoms with Crippen LogP contribution in [0.3, 0.4) is 0 Å². The van der Waals surface area contributed by atoms with Gasteiger partial charge in [0.25, 0.3) is 5.91 Å². The second-order valence-corrected chi connectivity index (χ2v) is 9.13. The first kappa shape index (κ1) is 21.8. The van der Waals surface area contributed by atoms with Gasteiger partial charge in [0.2, 0.25) is 5.91 Å². The van der Waals surface area contributed by atoms with Crippen molar-refractivity contribution in [2.45, 2.75) is 50.2 Å². The van der Waals surface area contributed by atoms with E-state index in [1.54, 1.807) is 14.2 Å². The van der Waals surface area contributed by atoms with Crippen LogP contribution in [-0.2, 0) is 22.5 Å². The van der Waals surface area contributed by atoms with Crippen LogP contribution in [0, 0.1) is 0 Å². The van der Waals surface area contributed by atoms with Crippen molar-refractivity contribution in [3.8, 4) is 11.5 Å². The highest BCUT2D eigenvalue weighted by Crippen LogP contribution is 2.41. The maximum atomic E-state index is 13.4. The Balaban J connectivity index is 1.35. The first-order valence-electron chi connectivity index (χ1n) is 11.6. The molecule has 2 aromatic rings. The number of hydrogen-bond donors (Lipinski definition) is 1. The number of amides is 2. The van der Waals surface area contributed by atoms with E-state index < -0.39 is 5.54 Å². The van der Waals surface area contributed by atoms with Gasteiger partial charge in [0, 0.05) is 25.3 Å². The minimum Gasteiger partial charge on any atom is -0.493 e. The fourth-order valence-corrected chi connectivity index (χ4v) is 5.56. The molecular weight excluding hydrogens is 420 g/mol. The third kappa shape index (κ3) is 3.84. The third-order valence-electron chi connectivity index (χ3n) is 7.37. The Labute approximate surface area is 194 Å². The van der Waals surface area contributed by atoms with Crippen molar-refractivity contribution < 1.29 is 23.8 Å². The van der Waals surface area contributed by atoms with Crippen molar-refractivity contribution in [3.05, 3.63) is 58.7 Å². The van der Waals surface area contributed by atoms with E-state index in [-0.39, 0.29) is 24.3 Å². The van der Waals surface area contributed by atoms with Gasteiger partial charge in [0.1, 0.15) is 0 Å². The van der Waals surface area contributed by atoms with E-state index in [2.05, 4.69) is 5.32 Å². The van der Waals surface area contributed by atoms with E-state index in [1.165, 1.54) is 5.56 Å². The minimum absolute atomic E-state index is 0.0170. The van der Waals surface area contributed by atoms with E-state index in [9.17, 15) is 9.59 Å². The number of aryl methyl sites for hydroxylation is 1. The number of rotatable bonds is 6. The molecule has 0 bridgehead atoms. The fourth-order valence-electron chi connectivity index (χ4n) is 5.56.